The smallest absolute Gasteiger partial charge is 0.112 e. The number of rotatable bonds is 4. The van der Waals surface area contributed by atoms with Crippen molar-refractivity contribution in [1.29, 1.82) is 0 Å². The van der Waals surface area contributed by atoms with E-state index in [9.17, 15) is 0 Å². The van der Waals surface area contributed by atoms with Gasteiger partial charge in [-0.3, -0.25) is 4.99 Å². The predicted molar refractivity (Wildman–Crippen MR) is 46.7 cm³/mol. The van der Waals surface area contributed by atoms with Gasteiger partial charge in [0.15, 0.2) is 0 Å². The third-order valence-corrected chi connectivity index (χ3v) is 1.44. The van der Waals surface area contributed by atoms with E-state index in [1.807, 2.05) is 6.92 Å². The van der Waals surface area contributed by atoms with Crippen molar-refractivity contribution >= 4 is 17.4 Å². The van der Waals surface area contributed by atoms with Crippen molar-refractivity contribution in [1.82, 2.24) is 0 Å². The number of nitrogens with zero attached hydrogens (tertiary/aromatic N) is 1. The Morgan fingerprint density at radius 3 is 2.70 bits per heavy atom. The van der Waals surface area contributed by atoms with Crippen LogP contribution in [0.15, 0.2) is 4.99 Å². The summed E-state index contributed by atoms with van der Waals surface area (Å²) in [5.74, 6) is 0.551. The van der Waals surface area contributed by atoms with Gasteiger partial charge >= 0.3 is 0 Å². The minimum absolute atomic E-state index is 0.128. The van der Waals surface area contributed by atoms with Crippen molar-refractivity contribution in [3.05, 3.63) is 0 Å². The van der Waals surface area contributed by atoms with Crippen LogP contribution < -0.4 is 5.73 Å². The van der Waals surface area contributed by atoms with Crippen molar-refractivity contribution in [2.24, 2.45) is 10.7 Å². The number of alkyl halides is 1. The third kappa shape index (κ3) is 4.62. The molecule has 0 bridgehead atoms. The van der Waals surface area contributed by atoms with E-state index in [1.54, 1.807) is 0 Å². The molecule has 10 heavy (non-hydrogen) atoms. The zero-order valence-corrected chi connectivity index (χ0v) is 7.36. The molecule has 0 aliphatic heterocycles. The van der Waals surface area contributed by atoms with E-state index in [2.05, 4.69) is 11.9 Å². The number of aliphatic imine (C=N–C) groups is 1. The van der Waals surface area contributed by atoms with E-state index >= 15 is 0 Å². The lowest BCUT2D eigenvalue weighted by atomic mass is 10.3. The Morgan fingerprint density at radius 2 is 2.30 bits per heavy atom. The van der Waals surface area contributed by atoms with Crippen LogP contribution in [0.3, 0.4) is 0 Å². The van der Waals surface area contributed by atoms with Crippen molar-refractivity contribution in [3.8, 4) is 0 Å². The number of unbranched alkanes of at least 4 members (excludes halogenated alkanes) is 1. The molecule has 3 heteroatoms. The fourth-order valence-electron chi connectivity index (χ4n) is 0.492. The van der Waals surface area contributed by atoms with E-state index in [1.165, 1.54) is 0 Å². The highest BCUT2D eigenvalue weighted by Crippen LogP contribution is 1.94. The Labute approximate surface area is 67.5 Å². The maximum atomic E-state index is 5.65. The quantitative estimate of drug-likeness (QED) is 0.291. The van der Waals surface area contributed by atoms with Crippen LogP contribution in [0.25, 0.3) is 0 Å². The van der Waals surface area contributed by atoms with Crippen LogP contribution in [0.5, 0.6) is 0 Å². The van der Waals surface area contributed by atoms with Crippen LogP contribution in [0.1, 0.15) is 26.7 Å². The molecule has 0 saturated heterocycles. The maximum Gasteiger partial charge on any atom is 0.112 e. The van der Waals surface area contributed by atoms with Crippen LogP contribution in [0, 0.1) is 0 Å². The highest BCUT2D eigenvalue weighted by molar-refractivity contribution is 6.31. The van der Waals surface area contributed by atoms with Gasteiger partial charge in [-0.15, -0.1) is 11.6 Å². The van der Waals surface area contributed by atoms with Gasteiger partial charge in [0.2, 0.25) is 0 Å². The molecule has 0 saturated carbocycles. The van der Waals surface area contributed by atoms with Gasteiger partial charge in [0.1, 0.15) is 5.84 Å². The van der Waals surface area contributed by atoms with Crippen molar-refractivity contribution in [2.45, 2.75) is 32.1 Å². The zero-order chi connectivity index (χ0) is 7.98. The van der Waals surface area contributed by atoms with Crippen LogP contribution in [-0.2, 0) is 0 Å². The van der Waals surface area contributed by atoms with Crippen molar-refractivity contribution in [3.63, 3.8) is 0 Å². The number of amidine groups is 1. The standard InChI is InChI=1S/C7H15ClN2/c1-3-4-5-10-7(9)6(2)8/h6H,3-5H2,1-2H3,(H2,9,10). The highest BCUT2D eigenvalue weighted by Gasteiger charge is 1.98. The first-order valence-corrected chi connectivity index (χ1v) is 4.06. The molecule has 0 spiro atoms. The van der Waals surface area contributed by atoms with E-state index in [0.29, 0.717) is 5.84 Å². The monoisotopic (exact) mass is 162 g/mol. The Morgan fingerprint density at radius 1 is 1.70 bits per heavy atom. The largest absolute Gasteiger partial charge is 0.386 e. The summed E-state index contributed by atoms with van der Waals surface area (Å²) < 4.78 is 0. The topological polar surface area (TPSA) is 38.4 Å². The average molecular weight is 163 g/mol. The number of hydrogen-bond donors (Lipinski definition) is 1. The van der Waals surface area contributed by atoms with Crippen LogP contribution in [-0.4, -0.2) is 17.8 Å². The first-order valence-electron chi connectivity index (χ1n) is 3.62. The van der Waals surface area contributed by atoms with Gasteiger partial charge in [0.05, 0.1) is 5.38 Å². The second-order valence-electron chi connectivity index (χ2n) is 2.28. The van der Waals surface area contributed by atoms with Crippen LogP contribution >= 0.6 is 11.6 Å². The molecule has 0 rings (SSSR count). The molecule has 0 aromatic carbocycles. The van der Waals surface area contributed by atoms with Gasteiger partial charge in [0.25, 0.3) is 0 Å². The first-order chi connectivity index (χ1) is 4.68. The summed E-state index contributed by atoms with van der Waals surface area (Å²) >= 11 is 5.65. The lowest BCUT2D eigenvalue weighted by Gasteiger charge is -2.00. The lowest BCUT2D eigenvalue weighted by Crippen LogP contribution is -2.21. The molecule has 0 aliphatic carbocycles. The Hall–Kier alpha value is -0.240. The van der Waals surface area contributed by atoms with Crippen molar-refractivity contribution in [2.75, 3.05) is 6.54 Å². The first kappa shape index (κ1) is 9.76. The molecule has 0 fully saturated rings. The summed E-state index contributed by atoms with van der Waals surface area (Å²) in [6.45, 7) is 4.75. The van der Waals surface area contributed by atoms with Crippen molar-refractivity contribution < 1.29 is 0 Å². The Bertz CT molecular complexity index is 110. The summed E-state index contributed by atoms with van der Waals surface area (Å²) in [5.41, 5.74) is 5.48. The molecule has 0 amide bonds. The van der Waals surface area contributed by atoms with Crippen LogP contribution in [0.2, 0.25) is 0 Å². The molecule has 1 unspecified atom stereocenters. The van der Waals surface area contributed by atoms with E-state index in [4.69, 9.17) is 17.3 Å². The zero-order valence-electron chi connectivity index (χ0n) is 6.60. The predicted octanol–water partition coefficient (Wildman–Crippen LogP) is 1.77. The average Bonchev–Trinajstić information content (AvgIpc) is 1.88. The molecule has 2 nitrogen and oxygen atoms in total. The van der Waals surface area contributed by atoms with Gasteiger partial charge in [-0.2, -0.15) is 0 Å². The molecular formula is C7H15ClN2. The van der Waals surface area contributed by atoms with Gasteiger partial charge in [-0.1, -0.05) is 13.3 Å². The number of halogens is 1. The summed E-state index contributed by atoms with van der Waals surface area (Å²) in [4.78, 5) is 4.08. The molecule has 0 aliphatic rings. The Kier molecular flexibility index (Phi) is 5.40. The second-order valence-corrected chi connectivity index (χ2v) is 2.93. The van der Waals surface area contributed by atoms with Crippen LogP contribution in [0.4, 0.5) is 0 Å². The molecule has 2 N–H and O–H groups in total. The summed E-state index contributed by atoms with van der Waals surface area (Å²) in [6.07, 6.45) is 2.23. The number of hydrogen-bond acceptors (Lipinski definition) is 1. The molecular weight excluding hydrogens is 148 g/mol. The fraction of sp³-hybridized carbons (Fsp3) is 0.857. The van der Waals surface area contributed by atoms with E-state index in [-0.39, 0.29) is 5.38 Å². The molecule has 0 heterocycles. The molecule has 0 aromatic rings. The summed E-state index contributed by atoms with van der Waals surface area (Å²) in [6, 6.07) is 0. The van der Waals surface area contributed by atoms with Gasteiger partial charge in [0, 0.05) is 6.54 Å². The van der Waals surface area contributed by atoms with E-state index in [0.717, 1.165) is 19.4 Å². The maximum absolute atomic E-state index is 5.65. The highest BCUT2D eigenvalue weighted by atomic mass is 35.5. The third-order valence-electron chi connectivity index (χ3n) is 1.21. The Balaban J connectivity index is 3.48. The molecule has 0 aromatic heterocycles. The summed E-state index contributed by atoms with van der Waals surface area (Å²) in [7, 11) is 0. The summed E-state index contributed by atoms with van der Waals surface area (Å²) in [5, 5.41) is -0.128. The van der Waals surface area contributed by atoms with E-state index < -0.39 is 0 Å². The SMILES string of the molecule is CCCCN=C(N)C(C)Cl. The second kappa shape index (κ2) is 5.54. The molecule has 60 valence electrons. The lowest BCUT2D eigenvalue weighted by molar-refractivity contribution is 0.805. The number of nitrogens with two attached hydrogens (primary N) is 1. The minimum Gasteiger partial charge on any atom is -0.386 e. The van der Waals surface area contributed by atoms with Gasteiger partial charge in [-0.05, 0) is 13.3 Å². The van der Waals surface area contributed by atoms with Gasteiger partial charge < -0.3 is 5.73 Å². The molecule has 1 atom stereocenters. The van der Waals surface area contributed by atoms with Gasteiger partial charge in [-0.25, -0.2) is 0 Å². The normalized spacial score (nSPS) is 15.3. The molecule has 0 radical (unpaired) electrons. The minimum atomic E-state index is -0.128. The fourth-order valence-corrected chi connectivity index (χ4v) is 0.561.